The summed E-state index contributed by atoms with van der Waals surface area (Å²) >= 11 is 1.33. The normalized spacial score (nSPS) is 13.5. The topological polar surface area (TPSA) is 88.6 Å². The van der Waals surface area contributed by atoms with E-state index in [-0.39, 0.29) is 5.91 Å². The van der Waals surface area contributed by atoms with Crippen LogP contribution in [0.15, 0.2) is 47.6 Å². The van der Waals surface area contributed by atoms with Crippen LogP contribution < -0.4 is 10.2 Å². The molecule has 2 amide bonds. The van der Waals surface area contributed by atoms with Gasteiger partial charge in [0.15, 0.2) is 6.61 Å². The first-order valence-corrected chi connectivity index (χ1v) is 9.67. The first-order valence-electron chi connectivity index (χ1n) is 8.45. The van der Waals surface area contributed by atoms with E-state index in [2.05, 4.69) is 10.3 Å². The number of benzene rings is 1. The van der Waals surface area contributed by atoms with Crippen LogP contribution in [0, 0.1) is 0 Å². The van der Waals surface area contributed by atoms with Crippen molar-refractivity contribution in [2.24, 2.45) is 0 Å². The van der Waals surface area contributed by atoms with Crippen LogP contribution in [0.25, 0.3) is 0 Å². The molecule has 0 bridgehead atoms. The minimum absolute atomic E-state index is 0.110. The highest BCUT2D eigenvalue weighted by Gasteiger charge is 2.21. The Morgan fingerprint density at radius 2 is 2.04 bits per heavy atom. The Morgan fingerprint density at radius 1 is 1.26 bits per heavy atom. The summed E-state index contributed by atoms with van der Waals surface area (Å²) in [4.78, 5) is 41.7. The molecule has 1 aromatic carbocycles. The fraction of sp³-hybridized carbons (Fsp3) is 0.263. The van der Waals surface area contributed by atoms with Crippen molar-refractivity contribution >= 4 is 40.9 Å². The van der Waals surface area contributed by atoms with E-state index in [4.69, 9.17) is 4.74 Å². The van der Waals surface area contributed by atoms with E-state index in [1.165, 1.54) is 11.8 Å². The standard InChI is InChI=1S/C19H19N3O4S/c1-27-18-15(4-2-10-20-18)19(25)26-12-16(23)21-13-6-8-14(9-7-13)22-11-3-5-17(22)24/h2,4,6-10H,3,5,11-12H2,1H3,(H,21,23). The lowest BCUT2D eigenvalue weighted by Crippen LogP contribution is -2.24. The molecule has 27 heavy (non-hydrogen) atoms. The number of rotatable bonds is 6. The number of ether oxygens (including phenoxy) is 1. The molecule has 0 spiro atoms. The molecule has 0 aliphatic carbocycles. The predicted molar refractivity (Wildman–Crippen MR) is 103 cm³/mol. The van der Waals surface area contributed by atoms with Gasteiger partial charge in [0.1, 0.15) is 5.03 Å². The van der Waals surface area contributed by atoms with Gasteiger partial charge in [-0.1, -0.05) is 0 Å². The van der Waals surface area contributed by atoms with Gasteiger partial charge in [0, 0.05) is 30.5 Å². The second-order valence-electron chi connectivity index (χ2n) is 5.88. The van der Waals surface area contributed by atoms with Gasteiger partial charge in [0.05, 0.1) is 5.56 Å². The molecule has 1 N–H and O–H groups in total. The van der Waals surface area contributed by atoms with Gasteiger partial charge < -0.3 is 15.0 Å². The van der Waals surface area contributed by atoms with Crippen molar-refractivity contribution < 1.29 is 19.1 Å². The Hall–Kier alpha value is -2.87. The van der Waals surface area contributed by atoms with Gasteiger partial charge in [-0.2, -0.15) is 0 Å². The number of hydrogen-bond donors (Lipinski definition) is 1. The van der Waals surface area contributed by atoms with Crippen molar-refractivity contribution in [3.63, 3.8) is 0 Å². The number of nitrogens with zero attached hydrogens (tertiary/aromatic N) is 2. The van der Waals surface area contributed by atoms with Crippen LogP contribution in [0.1, 0.15) is 23.2 Å². The number of pyridine rings is 1. The van der Waals surface area contributed by atoms with Crippen LogP contribution in [0.2, 0.25) is 0 Å². The molecular formula is C19H19N3O4S. The molecule has 1 aromatic heterocycles. The van der Waals surface area contributed by atoms with Crippen LogP contribution in [-0.4, -0.2) is 42.2 Å². The van der Waals surface area contributed by atoms with Crippen LogP contribution in [0.5, 0.6) is 0 Å². The summed E-state index contributed by atoms with van der Waals surface area (Å²) in [6, 6.07) is 10.2. The maximum Gasteiger partial charge on any atom is 0.341 e. The number of carbonyl (C=O) groups excluding carboxylic acids is 3. The first-order chi connectivity index (χ1) is 13.1. The highest BCUT2D eigenvalue weighted by molar-refractivity contribution is 7.98. The number of carbonyl (C=O) groups is 3. The molecule has 8 heteroatoms. The van der Waals surface area contributed by atoms with Gasteiger partial charge in [-0.3, -0.25) is 9.59 Å². The Labute approximate surface area is 161 Å². The molecule has 1 aliphatic heterocycles. The minimum atomic E-state index is -0.592. The van der Waals surface area contributed by atoms with E-state index in [9.17, 15) is 14.4 Å². The molecule has 7 nitrogen and oxygen atoms in total. The lowest BCUT2D eigenvalue weighted by molar-refractivity contribution is -0.119. The molecule has 0 unspecified atom stereocenters. The fourth-order valence-electron chi connectivity index (χ4n) is 2.76. The number of nitrogens with one attached hydrogen (secondary N) is 1. The van der Waals surface area contributed by atoms with E-state index in [1.54, 1.807) is 47.5 Å². The molecule has 1 fully saturated rings. The summed E-state index contributed by atoms with van der Waals surface area (Å²) in [6.45, 7) is 0.320. The SMILES string of the molecule is CSc1ncccc1C(=O)OCC(=O)Nc1ccc(N2CCCC2=O)cc1. The summed E-state index contributed by atoms with van der Waals surface area (Å²) in [6.07, 6.45) is 4.83. The van der Waals surface area contributed by atoms with Crippen molar-refractivity contribution in [2.75, 3.05) is 29.6 Å². The van der Waals surface area contributed by atoms with Gasteiger partial charge >= 0.3 is 5.97 Å². The van der Waals surface area contributed by atoms with Crippen molar-refractivity contribution in [2.45, 2.75) is 17.9 Å². The van der Waals surface area contributed by atoms with Crippen molar-refractivity contribution in [3.05, 3.63) is 48.2 Å². The van der Waals surface area contributed by atoms with Crippen molar-refractivity contribution in [3.8, 4) is 0 Å². The second kappa shape index (κ2) is 8.68. The number of thioether (sulfide) groups is 1. The summed E-state index contributed by atoms with van der Waals surface area (Å²) in [5.74, 6) is -0.924. The number of hydrogen-bond acceptors (Lipinski definition) is 6. The average Bonchev–Trinajstić information content (AvgIpc) is 3.12. The van der Waals surface area contributed by atoms with Gasteiger partial charge in [-0.15, -0.1) is 11.8 Å². The summed E-state index contributed by atoms with van der Waals surface area (Å²) < 4.78 is 5.07. The molecule has 1 saturated heterocycles. The number of amides is 2. The maximum absolute atomic E-state index is 12.1. The predicted octanol–water partition coefficient (Wildman–Crippen LogP) is 2.73. The van der Waals surface area contributed by atoms with E-state index in [0.717, 1.165) is 12.1 Å². The molecule has 0 atom stereocenters. The highest BCUT2D eigenvalue weighted by atomic mass is 32.2. The molecule has 2 aromatic rings. The molecule has 0 saturated carbocycles. The quantitative estimate of drug-likeness (QED) is 0.608. The average molecular weight is 385 g/mol. The van der Waals surface area contributed by atoms with Crippen molar-refractivity contribution in [1.29, 1.82) is 0 Å². The third kappa shape index (κ3) is 4.65. The minimum Gasteiger partial charge on any atom is -0.452 e. The molecule has 140 valence electrons. The zero-order chi connectivity index (χ0) is 19.2. The maximum atomic E-state index is 12.1. The van der Waals surface area contributed by atoms with E-state index in [0.29, 0.717) is 29.2 Å². The number of anilines is 2. The molecule has 1 aliphatic rings. The molecule has 0 radical (unpaired) electrons. The van der Waals surface area contributed by atoms with E-state index in [1.807, 2.05) is 6.26 Å². The van der Waals surface area contributed by atoms with Gasteiger partial charge in [-0.05, 0) is 49.1 Å². The van der Waals surface area contributed by atoms with Gasteiger partial charge in [-0.25, -0.2) is 9.78 Å². The number of esters is 1. The zero-order valence-electron chi connectivity index (χ0n) is 14.8. The van der Waals surface area contributed by atoms with E-state index < -0.39 is 18.5 Å². The zero-order valence-corrected chi connectivity index (χ0v) is 15.6. The molecule has 2 heterocycles. The Balaban J connectivity index is 1.53. The smallest absolute Gasteiger partial charge is 0.341 e. The third-order valence-corrected chi connectivity index (χ3v) is 4.77. The van der Waals surface area contributed by atoms with Crippen LogP contribution in [0.4, 0.5) is 11.4 Å². The van der Waals surface area contributed by atoms with Crippen LogP contribution in [0.3, 0.4) is 0 Å². The summed E-state index contributed by atoms with van der Waals surface area (Å²) in [5, 5.41) is 3.22. The van der Waals surface area contributed by atoms with Crippen LogP contribution >= 0.6 is 11.8 Å². The molecule has 3 rings (SSSR count). The third-order valence-electron chi connectivity index (χ3n) is 4.05. The monoisotopic (exact) mass is 385 g/mol. The van der Waals surface area contributed by atoms with E-state index >= 15 is 0 Å². The summed E-state index contributed by atoms with van der Waals surface area (Å²) in [5.41, 5.74) is 1.71. The highest BCUT2D eigenvalue weighted by Crippen LogP contribution is 2.23. The fourth-order valence-corrected chi connectivity index (χ4v) is 3.30. The molecular weight excluding hydrogens is 366 g/mol. The first kappa shape index (κ1) is 18.9. The summed E-state index contributed by atoms with van der Waals surface area (Å²) in [7, 11) is 0. The van der Waals surface area contributed by atoms with Gasteiger partial charge in [0.2, 0.25) is 5.91 Å². The van der Waals surface area contributed by atoms with Crippen LogP contribution in [-0.2, 0) is 14.3 Å². The van der Waals surface area contributed by atoms with Gasteiger partial charge in [0.25, 0.3) is 5.91 Å². The largest absolute Gasteiger partial charge is 0.452 e. The van der Waals surface area contributed by atoms with Crippen molar-refractivity contribution in [1.82, 2.24) is 4.98 Å². The Bertz CT molecular complexity index is 854. The second-order valence-corrected chi connectivity index (χ2v) is 6.68. The lowest BCUT2D eigenvalue weighted by atomic mass is 10.2. The Kier molecular flexibility index (Phi) is 6.08. The Morgan fingerprint density at radius 3 is 2.70 bits per heavy atom. The number of aromatic nitrogens is 1. The lowest BCUT2D eigenvalue weighted by Gasteiger charge is -2.16.